The summed E-state index contributed by atoms with van der Waals surface area (Å²) < 4.78 is 5.24. The van der Waals surface area contributed by atoms with Gasteiger partial charge >= 0.3 is 0 Å². The second-order valence-corrected chi connectivity index (χ2v) is 5.25. The van der Waals surface area contributed by atoms with Gasteiger partial charge in [-0.1, -0.05) is 0 Å². The molecule has 2 aliphatic heterocycles. The van der Waals surface area contributed by atoms with E-state index in [1.54, 1.807) is 0 Å². The number of aromatic hydroxyl groups is 1. The Hall–Kier alpha value is -1.33. The van der Waals surface area contributed by atoms with Crippen LogP contribution in [0.1, 0.15) is 18.6 Å². The summed E-state index contributed by atoms with van der Waals surface area (Å²) in [5.74, 6) is 1.02. The maximum absolute atomic E-state index is 11.3. The van der Waals surface area contributed by atoms with Crippen LogP contribution in [0.3, 0.4) is 0 Å². The summed E-state index contributed by atoms with van der Waals surface area (Å²) in [5.41, 5.74) is -0.369. The largest absolute Gasteiger partial charge is 0.502 e. The van der Waals surface area contributed by atoms with E-state index in [1.165, 1.54) is 18.9 Å². The van der Waals surface area contributed by atoms with Crippen LogP contribution in [0.4, 0.5) is 0 Å². The summed E-state index contributed by atoms with van der Waals surface area (Å²) in [6.45, 7) is 3.82. The lowest BCUT2D eigenvalue weighted by Gasteiger charge is -2.24. The molecule has 0 bridgehead atoms. The zero-order valence-corrected chi connectivity index (χ0v) is 10.3. The molecule has 0 amide bonds. The van der Waals surface area contributed by atoms with Gasteiger partial charge in [0.2, 0.25) is 5.43 Å². The fourth-order valence-electron chi connectivity index (χ4n) is 3.01. The van der Waals surface area contributed by atoms with E-state index < -0.39 is 0 Å². The molecular weight excluding hydrogens is 232 g/mol. The number of hydrogen-bond acceptors (Lipinski definition) is 5. The minimum absolute atomic E-state index is 0.324. The second-order valence-electron chi connectivity index (χ2n) is 5.25. The highest BCUT2D eigenvalue weighted by Gasteiger charge is 2.34. The Labute approximate surface area is 105 Å². The Morgan fingerprint density at radius 2 is 2.39 bits per heavy atom. The van der Waals surface area contributed by atoms with Crippen molar-refractivity contribution in [2.45, 2.75) is 25.4 Å². The van der Waals surface area contributed by atoms with Crippen LogP contribution in [0.5, 0.6) is 5.75 Å². The van der Waals surface area contributed by atoms with E-state index >= 15 is 0 Å². The number of piperidine rings is 1. The minimum Gasteiger partial charge on any atom is -0.502 e. The first kappa shape index (κ1) is 11.7. The van der Waals surface area contributed by atoms with Gasteiger partial charge in [0.25, 0.3) is 0 Å². The van der Waals surface area contributed by atoms with Crippen LogP contribution in [-0.4, -0.2) is 35.7 Å². The molecule has 3 heterocycles. The molecule has 0 saturated carbocycles. The molecule has 98 valence electrons. The van der Waals surface area contributed by atoms with Gasteiger partial charge in [-0.15, -0.1) is 0 Å². The molecule has 18 heavy (non-hydrogen) atoms. The normalized spacial score (nSPS) is 28.2. The highest BCUT2D eigenvalue weighted by Crippen LogP contribution is 2.25. The SMILES string of the molecule is O=c1cc(CN2CC3CCCNC3C2)occ1O. The molecule has 1 aromatic heterocycles. The Morgan fingerprint density at radius 3 is 3.17 bits per heavy atom. The van der Waals surface area contributed by atoms with E-state index in [0.29, 0.717) is 18.3 Å². The van der Waals surface area contributed by atoms with Gasteiger partial charge in [-0.05, 0) is 25.3 Å². The van der Waals surface area contributed by atoms with E-state index in [1.807, 2.05) is 0 Å². The van der Waals surface area contributed by atoms with Crippen molar-refractivity contribution in [1.82, 2.24) is 10.2 Å². The van der Waals surface area contributed by atoms with Gasteiger partial charge in [0.15, 0.2) is 5.75 Å². The highest BCUT2D eigenvalue weighted by atomic mass is 16.4. The summed E-state index contributed by atoms with van der Waals surface area (Å²) in [6.07, 6.45) is 3.66. The maximum atomic E-state index is 11.3. The number of nitrogens with one attached hydrogen (secondary N) is 1. The summed E-state index contributed by atoms with van der Waals surface area (Å²) in [5, 5.41) is 12.7. The molecule has 2 saturated heterocycles. The average Bonchev–Trinajstić information content (AvgIpc) is 2.76. The van der Waals surface area contributed by atoms with E-state index in [9.17, 15) is 4.79 Å². The van der Waals surface area contributed by atoms with Gasteiger partial charge in [0, 0.05) is 25.2 Å². The first-order chi connectivity index (χ1) is 8.72. The molecule has 5 nitrogen and oxygen atoms in total. The molecule has 2 aliphatic rings. The molecule has 3 rings (SSSR count). The Morgan fingerprint density at radius 1 is 1.50 bits per heavy atom. The van der Waals surface area contributed by atoms with Gasteiger partial charge in [-0.2, -0.15) is 0 Å². The van der Waals surface area contributed by atoms with Crippen LogP contribution < -0.4 is 10.7 Å². The van der Waals surface area contributed by atoms with Crippen LogP contribution in [0.2, 0.25) is 0 Å². The monoisotopic (exact) mass is 250 g/mol. The second kappa shape index (κ2) is 4.74. The Balaban J connectivity index is 1.66. The van der Waals surface area contributed by atoms with Gasteiger partial charge in [0.1, 0.15) is 12.0 Å². The smallest absolute Gasteiger partial charge is 0.226 e. The van der Waals surface area contributed by atoms with Gasteiger partial charge in [0.05, 0.1) is 6.54 Å². The van der Waals surface area contributed by atoms with E-state index in [-0.39, 0.29) is 11.2 Å². The molecule has 0 aromatic carbocycles. The van der Waals surface area contributed by atoms with Crippen molar-refractivity contribution in [3.8, 4) is 5.75 Å². The summed E-state index contributed by atoms with van der Waals surface area (Å²) >= 11 is 0. The molecule has 0 radical (unpaired) electrons. The number of fused-ring (bicyclic) bond motifs is 1. The molecule has 1 aromatic rings. The molecular formula is C13H18N2O3. The number of likely N-dealkylation sites (tertiary alicyclic amines) is 1. The number of nitrogens with zero attached hydrogens (tertiary/aromatic N) is 1. The van der Waals surface area contributed by atoms with Crippen molar-refractivity contribution < 1.29 is 9.52 Å². The molecule has 0 spiro atoms. The lowest BCUT2D eigenvalue weighted by atomic mass is 9.94. The van der Waals surface area contributed by atoms with Crippen LogP contribution >= 0.6 is 0 Å². The lowest BCUT2D eigenvalue weighted by Crippen LogP contribution is -2.40. The van der Waals surface area contributed by atoms with Crippen molar-refractivity contribution in [3.05, 3.63) is 28.3 Å². The number of rotatable bonds is 2. The van der Waals surface area contributed by atoms with Crippen molar-refractivity contribution in [2.24, 2.45) is 5.92 Å². The van der Waals surface area contributed by atoms with Crippen LogP contribution in [-0.2, 0) is 6.54 Å². The summed E-state index contributed by atoms with van der Waals surface area (Å²) in [7, 11) is 0. The van der Waals surface area contributed by atoms with Gasteiger partial charge in [-0.25, -0.2) is 0 Å². The molecule has 2 fully saturated rings. The zero-order valence-electron chi connectivity index (χ0n) is 10.3. The average molecular weight is 250 g/mol. The number of hydrogen-bond donors (Lipinski definition) is 2. The van der Waals surface area contributed by atoms with Crippen molar-refractivity contribution >= 4 is 0 Å². The predicted molar refractivity (Wildman–Crippen MR) is 66.4 cm³/mol. The standard InChI is InChI=1S/C13H18N2O3/c16-12-4-10(18-8-13(12)17)6-15-5-9-2-1-3-14-11(9)7-15/h4,8-9,11,14,17H,1-3,5-7H2. The van der Waals surface area contributed by atoms with Crippen molar-refractivity contribution in [3.63, 3.8) is 0 Å². The van der Waals surface area contributed by atoms with E-state index in [2.05, 4.69) is 10.2 Å². The third-order valence-electron chi connectivity index (χ3n) is 3.92. The summed E-state index contributed by atoms with van der Waals surface area (Å²) in [4.78, 5) is 13.6. The molecule has 2 unspecified atom stereocenters. The van der Waals surface area contributed by atoms with Crippen molar-refractivity contribution in [2.75, 3.05) is 19.6 Å². The summed E-state index contributed by atoms with van der Waals surface area (Å²) in [6, 6.07) is 1.97. The quantitative estimate of drug-likeness (QED) is 0.801. The third-order valence-corrected chi connectivity index (χ3v) is 3.92. The fraction of sp³-hybridized carbons (Fsp3) is 0.615. The minimum atomic E-state index is -0.369. The zero-order chi connectivity index (χ0) is 12.5. The highest BCUT2D eigenvalue weighted by molar-refractivity contribution is 5.15. The van der Waals surface area contributed by atoms with Gasteiger partial charge in [-0.3, -0.25) is 9.69 Å². The van der Waals surface area contributed by atoms with E-state index in [0.717, 1.165) is 31.8 Å². The van der Waals surface area contributed by atoms with Crippen LogP contribution in [0, 0.1) is 5.92 Å². The lowest BCUT2D eigenvalue weighted by molar-refractivity contribution is 0.278. The van der Waals surface area contributed by atoms with Gasteiger partial charge < -0.3 is 14.8 Å². The fourth-order valence-corrected chi connectivity index (χ4v) is 3.01. The first-order valence-corrected chi connectivity index (χ1v) is 6.49. The topological polar surface area (TPSA) is 65.7 Å². The Bertz CT molecular complexity index is 471. The van der Waals surface area contributed by atoms with Crippen LogP contribution in [0.15, 0.2) is 21.5 Å². The first-order valence-electron chi connectivity index (χ1n) is 6.49. The van der Waals surface area contributed by atoms with E-state index in [4.69, 9.17) is 9.52 Å². The Kier molecular flexibility index (Phi) is 3.09. The predicted octanol–water partition coefficient (Wildman–Crippen LogP) is 0.529. The third kappa shape index (κ3) is 2.28. The molecule has 5 heteroatoms. The molecule has 0 aliphatic carbocycles. The molecule has 2 atom stereocenters. The maximum Gasteiger partial charge on any atom is 0.226 e. The van der Waals surface area contributed by atoms with Crippen LogP contribution in [0.25, 0.3) is 0 Å². The van der Waals surface area contributed by atoms with Crippen molar-refractivity contribution in [1.29, 1.82) is 0 Å². The molecule has 2 N–H and O–H groups in total.